The number of rotatable bonds is 10. The van der Waals surface area contributed by atoms with Crippen LogP contribution in [0, 0.1) is 0 Å². The van der Waals surface area contributed by atoms with Gasteiger partial charge >= 0.3 is 6.36 Å². The summed E-state index contributed by atoms with van der Waals surface area (Å²) in [6.07, 6.45) is 5.01. The van der Waals surface area contributed by atoms with E-state index in [1.54, 1.807) is 30.6 Å². The first-order chi connectivity index (χ1) is 26.6. The van der Waals surface area contributed by atoms with Crippen molar-refractivity contribution in [2.45, 2.75) is 50.7 Å². The molecule has 0 spiro atoms. The smallest absolute Gasteiger partial charge is 0.388 e. The van der Waals surface area contributed by atoms with Crippen LogP contribution in [0.5, 0.6) is 5.88 Å². The zero-order chi connectivity index (χ0) is 38.4. The van der Waals surface area contributed by atoms with Crippen LogP contribution in [-0.4, -0.2) is 76.3 Å². The number of hydrogen-bond donors (Lipinski definition) is 2. The van der Waals surface area contributed by atoms with Gasteiger partial charge in [-0.15, -0.1) is 13.2 Å². The normalized spacial score (nSPS) is 15.7. The Morgan fingerprint density at radius 3 is 2.16 bits per heavy atom. The Balaban J connectivity index is 0.848. The molecule has 5 heterocycles. The highest BCUT2D eigenvalue weighted by Gasteiger charge is 2.32. The number of ether oxygens (including phenoxy) is 1. The van der Waals surface area contributed by atoms with Crippen LogP contribution in [0.4, 0.5) is 19.0 Å². The molecule has 5 aromatic rings. The van der Waals surface area contributed by atoms with Gasteiger partial charge in [-0.25, -0.2) is 9.97 Å². The number of benzene rings is 2. The lowest BCUT2D eigenvalue weighted by molar-refractivity contribution is -0.276. The molecule has 10 nitrogen and oxygen atoms in total. The molecule has 3 aromatic heterocycles. The average molecular weight is 770 g/mol. The molecular formula is C41H39ClF3N7O3. The third kappa shape index (κ3) is 9.78. The number of likely N-dealkylation sites (tertiary alicyclic amines) is 1. The van der Waals surface area contributed by atoms with Crippen LogP contribution in [0.25, 0.3) is 22.3 Å². The predicted molar refractivity (Wildman–Crippen MR) is 204 cm³/mol. The van der Waals surface area contributed by atoms with Gasteiger partial charge in [-0.2, -0.15) is 0 Å². The number of nitrogens with zero attached hydrogens (tertiary/aromatic N) is 5. The minimum Gasteiger partial charge on any atom is -0.388 e. The minimum absolute atomic E-state index is 0.0332. The van der Waals surface area contributed by atoms with E-state index in [-0.39, 0.29) is 34.5 Å². The number of carbonyl (C=O) groups is 2. The molecule has 0 radical (unpaired) electrons. The van der Waals surface area contributed by atoms with E-state index in [0.717, 1.165) is 87.0 Å². The first-order valence-electron chi connectivity index (χ1n) is 18.1. The zero-order valence-electron chi connectivity index (χ0n) is 29.8. The van der Waals surface area contributed by atoms with Gasteiger partial charge in [-0.1, -0.05) is 48.0 Å². The van der Waals surface area contributed by atoms with Gasteiger partial charge in [-0.3, -0.25) is 19.5 Å². The van der Waals surface area contributed by atoms with Crippen molar-refractivity contribution in [3.8, 4) is 28.1 Å². The van der Waals surface area contributed by atoms with Gasteiger partial charge in [0.1, 0.15) is 5.82 Å². The molecule has 7 rings (SSSR count). The fraction of sp³-hybridized carbons (Fsp3) is 0.293. The van der Waals surface area contributed by atoms with Crippen molar-refractivity contribution in [2.75, 3.05) is 31.1 Å². The number of pyridine rings is 3. The standard InChI is InChI=1S/C41H39ClF3N7O3/c42-38-34(31-10-12-37(48-25-31)55-41(43,44)45)7-2-8-35(38)40(54)50-32-13-18-51(19-14-32)26-27-9-11-36(47-23-27)52-20-15-33(16-21-52)49-39(53)29-5-1-4-28(22-29)30-6-3-17-46-24-30/h1-12,17,22-25,32-33H,13-16,18-21,26H2,(H,49,53)(H,50,54). The lowest BCUT2D eigenvalue weighted by atomic mass is 10.0. The molecule has 284 valence electrons. The van der Waals surface area contributed by atoms with Gasteiger partial charge in [-0.05, 0) is 73.2 Å². The van der Waals surface area contributed by atoms with E-state index in [1.807, 2.05) is 42.6 Å². The maximum atomic E-state index is 13.2. The van der Waals surface area contributed by atoms with Crippen LogP contribution in [0.15, 0.2) is 104 Å². The molecule has 2 amide bonds. The lowest BCUT2D eigenvalue weighted by Gasteiger charge is -2.34. The van der Waals surface area contributed by atoms with Crippen LogP contribution in [0.3, 0.4) is 0 Å². The summed E-state index contributed by atoms with van der Waals surface area (Å²) >= 11 is 6.61. The maximum Gasteiger partial charge on any atom is 0.574 e. The number of nitrogens with one attached hydrogen (secondary N) is 2. The van der Waals surface area contributed by atoms with E-state index in [9.17, 15) is 22.8 Å². The van der Waals surface area contributed by atoms with Crippen molar-refractivity contribution in [1.29, 1.82) is 0 Å². The van der Waals surface area contributed by atoms with Gasteiger partial charge in [0.05, 0.1) is 10.6 Å². The first kappa shape index (κ1) is 37.8. The molecule has 0 atom stereocenters. The van der Waals surface area contributed by atoms with Gasteiger partial charge in [0.2, 0.25) is 5.88 Å². The summed E-state index contributed by atoms with van der Waals surface area (Å²) in [6, 6.07) is 23.2. The first-order valence-corrected chi connectivity index (χ1v) is 18.5. The molecule has 0 saturated carbocycles. The number of halogens is 4. The van der Waals surface area contributed by atoms with E-state index < -0.39 is 12.2 Å². The largest absolute Gasteiger partial charge is 0.574 e. The van der Waals surface area contributed by atoms with Gasteiger partial charge in [0.15, 0.2) is 0 Å². The monoisotopic (exact) mass is 769 g/mol. The van der Waals surface area contributed by atoms with Crippen molar-refractivity contribution in [1.82, 2.24) is 30.5 Å². The molecular weight excluding hydrogens is 731 g/mol. The Bertz CT molecular complexity index is 2090. The van der Waals surface area contributed by atoms with Crippen LogP contribution >= 0.6 is 11.6 Å². The van der Waals surface area contributed by atoms with Crippen molar-refractivity contribution in [2.24, 2.45) is 0 Å². The van der Waals surface area contributed by atoms with Crippen molar-refractivity contribution in [3.05, 3.63) is 125 Å². The summed E-state index contributed by atoms with van der Waals surface area (Å²) in [6.45, 7) is 3.94. The van der Waals surface area contributed by atoms with Crippen molar-refractivity contribution < 1.29 is 27.5 Å². The fourth-order valence-electron chi connectivity index (χ4n) is 7.00. The minimum atomic E-state index is -4.84. The number of carbonyl (C=O) groups excluding carboxylic acids is 2. The predicted octanol–water partition coefficient (Wildman–Crippen LogP) is 7.55. The van der Waals surface area contributed by atoms with Crippen LogP contribution < -0.4 is 20.3 Å². The summed E-state index contributed by atoms with van der Waals surface area (Å²) in [4.78, 5) is 43.6. The van der Waals surface area contributed by atoms with Crippen LogP contribution in [0.2, 0.25) is 5.02 Å². The Hall–Kier alpha value is -5.53. The number of hydrogen-bond acceptors (Lipinski definition) is 8. The zero-order valence-corrected chi connectivity index (χ0v) is 30.6. The molecule has 2 aromatic carbocycles. The summed E-state index contributed by atoms with van der Waals surface area (Å²) in [5, 5.41) is 6.49. The molecule has 2 aliphatic rings. The van der Waals surface area contributed by atoms with E-state index in [2.05, 4.69) is 47.3 Å². The van der Waals surface area contributed by atoms with Crippen molar-refractivity contribution >= 4 is 29.2 Å². The van der Waals surface area contributed by atoms with E-state index >= 15 is 0 Å². The highest BCUT2D eigenvalue weighted by molar-refractivity contribution is 6.36. The number of amides is 2. The highest BCUT2D eigenvalue weighted by Crippen LogP contribution is 2.32. The molecule has 2 saturated heterocycles. The Kier molecular flexibility index (Phi) is 11.6. The topological polar surface area (TPSA) is 113 Å². The number of anilines is 1. The fourth-order valence-corrected chi connectivity index (χ4v) is 7.32. The van der Waals surface area contributed by atoms with E-state index in [0.29, 0.717) is 16.7 Å². The van der Waals surface area contributed by atoms with E-state index in [4.69, 9.17) is 16.6 Å². The number of aromatic nitrogens is 3. The molecule has 0 aliphatic carbocycles. The van der Waals surface area contributed by atoms with E-state index in [1.165, 1.54) is 12.3 Å². The van der Waals surface area contributed by atoms with Crippen LogP contribution in [-0.2, 0) is 6.54 Å². The third-order valence-corrected chi connectivity index (χ3v) is 10.3. The maximum absolute atomic E-state index is 13.2. The summed E-state index contributed by atoms with van der Waals surface area (Å²) in [5.74, 6) is -0.0461. The van der Waals surface area contributed by atoms with Crippen molar-refractivity contribution in [3.63, 3.8) is 0 Å². The van der Waals surface area contributed by atoms with Gasteiger partial charge in [0.25, 0.3) is 11.8 Å². The van der Waals surface area contributed by atoms with Gasteiger partial charge < -0.3 is 20.3 Å². The molecule has 0 unspecified atom stereocenters. The molecule has 55 heavy (non-hydrogen) atoms. The number of alkyl halides is 3. The molecule has 0 bridgehead atoms. The quantitative estimate of drug-likeness (QED) is 0.150. The second-order valence-electron chi connectivity index (χ2n) is 13.7. The van der Waals surface area contributed by atoms with Crippen LogP contribution in [0.1, 0.15) is 52.0 Å². The molecule has 2 aliphatic heterocycles. The lowest BCUT2D eigenvalue weighted by Crippen LogP contribution is -2.45. The highest BCUT2D eigenvalue weighted by atomic mass is 35.5. The Labute approximate surface area is 321 Å². The Morgan fingerprint density at radius 1 is 0.764 bits per heavy atom. The Morgan fingerprint density at radius 2 is 1.49 bits per heavy atom. The molecule has 2 N–H and O–H groups in total. The SMILES string of the molecule is O=C(NC1CCN(c2ccc(CN3CCC(NC(=O)c4cccc(-c5ccc(OC(F)(F)F)nc5)c4Cl)CC3)cn2)CC1)c1cccc(-c2cccnc2)c1. The summed E-state index contributed by atoms with van der Waals surface area (Å²) < 4.78 is 41.4. The second kappa shape index (κ2) is 16.9. The van der Waals surface area contributed by atoms with Gasteiger partial charge in [0, 0.05) is 97.9 Å². The molecule has 2 fully saturated rings. The summed E-state index contributed by atoms with van der Waals surface area (Å²) in [5.41, 5.74) is 4.88. The summed E-state index contributed by atoms with van der Waals surface area (Å²) in [7, 11) is 0. The second-order valence-corrected chi connectivity index (χ2v) is 14.1. The third-order valence-electron chi connectivity index (χ3n) is 9.92. The average Bonchev–Trinajstić information content (AvgIpc) is 3.19. The molecule has 14 heteroatoms. The number of piperidine rings is 2.